The minimum Gasteiger partial charge on any atom is -0.494 e. The van der Waals surface area contributed by atoms with E-state index in [9.17, 15) is 9.50 Å². The summed E-state index contributed by atoms with van der Waals surface area (Å²) in [6.45, 7) is 2.24. The molecule has 0 spiro atoms. The molecule has 0 amide bonds. The minimum absolute atomic E-state index is 0.256. The molecule has 0 radical (unpaired) electrons. The van der Waals surface area contributed by atoms with Crippen LogP contribution in [0.2, 0.25) is 0 Å². The largest absolute Gasteiger partial charge is 0.494 e. The van der Waals surface area contributed by atoms with Crippen molar-refractivity contribution in [2.45, 2.75) is 51.6 Å². The quantitative estimate of drug-likeness (QED) is 0.884. The number of hydrogen-bond acceptors (Lipinski definition) is 2. The van der Waals surface area contributed by atoms with Gasteiger partial charge in [0.15, 0.2) is 11.6 Å². The van der Waals surface area contributed by atoms with E-state index in [2.05, 4.69) is 6.92 Å². The Kier molecular flexibility index (Phi) is 5.41. The number of aliphatic hydroxyl groups excluding tert-OH is 1. The number of aliphatic hydroxyl groups is 1. The van der Waals surface area contributed by atoms with Crippen molar-refractivity contribution in [3.8, 4) is 5.75 Å². The second-order valence-electron chi connectivity index (χ2n) is 5.93. The molecule has 1 atom stereocenters. The fourth-order valence-electron chi connectivity index (χ4n) is 3.23. The molecule has 1 fully saturated rings. The molecule has 20 heavy (non-hydrogen) atoms. The molecule has 0 saturated heterocycles. The predicted molar refractivity (Wildman–Crippen MR) is 78.4 cm³/mol. The maximum absolute atomic E-state index is 13.6. The van der Waals surface area contributed by atoms with Gasteiger partial charge < -0.3 is 9.84 Å². The van der Waals surface area contributed by atoms with Gasteiger partial charge in [0.2, 0.25) is 0 Å². The summed E-state index contributed by atoms with van der Waals surface area (Å²) in [5.74, 6) is 1.10. The molecule has 2 nitrogen and oxygen atoms in total. The minimum atomic E-state index is -0.361. The van der Waals surface area contributed by atoms with Gasteiger partial charge in [0.25, 0.3) is 0 Å². The first-order chi connectivity index (χ1) is 9.63. The van der Waals surface area contributed by atoms with Gasteiger partial charge >= 0.3 is 0 Å². The van der Waals surface area contributed by atoms with Gasteiger partial charge in [0, 0.05) is 0 Å². The SMILES string of the molecule is CCC1CCC(C(O)Cc2ccc(OC)c(F)c2)CC1. The van der Waals surface area contributed by atoms with Gasteiger partial charge in [-0.15, -0.1) is 0 Å². The Balaban J connectivity index is 1.91. The third kappa shape index (κ3) is 3.72. The lowest BCUT2D eigenvalue weighted by Gasteiger charge is -2.31. The van der Waals surface area contributed by atoms with E-state index >= 15 is 0 Å². The Morgan fingerprint density at radius 3 is 2.55 bits per heavy atom. The van der Waals surface area contributed by atoms with Crippen molar-refractivity contribution in [3.63, 3.8) is 0 Å². The Labute approximate surface area is 121 Å². The van der Waals surface area contributed by atoms with E-state index in [0.29, 0.717) is 12.3 Å². The zero-order chi connectivity index (χ0) is 14.5. The van der Waals surface area contributed by atoms with Crippen LogP contribution >= 0.6 is 0 Å². The van der Waals surface area contributed by atoms with Crippen LogP contribution in [0.4, 0.5) is 4.39 Å². The number of halogens is 1. The molecule has 112 valence electrons. The van der Waals surface area contributed by atoms with Crippen LogP contribution in [0.5, 0.6) is 5.75 Å². The van der Waals surface area contributed by atoms with Gasteiger partial charge in [-0.1, -0.05) is 32.3 Å². The summed E-state index contributed by atoms with van der Waals surface area (Å²) in [7, 11) is 1.46. The number of hydrogen-bond donors (Lipinski definition) is 1. The van der Waals surface area contributed by atoms with Gasteiger partial charge in [-0.25, -0.2) is 4.39 Å². The lowest BCUT2D eigenvalue weighted by molar-refractivity contribution is 0.0734. The van der Waals surface area contributed by atoms with Gasteiger partial charge in [-0.3, -0.25) is 0 Å². The second kappa shape index (κ2) is 7.07. The first kappa shape index (κ1) is 15.3. The molecule has 0 bridgehead atoms. The number of methoxy groups -OCH3 is 1. The highest BCUT2D eigenvalue weighted by Crippen LogP contribution is 2.33. The van der Waals surface area contributed by atoms with Crippen molar-refractivity contribution in [1.82, 2.24) is 0 Å². The molecule has 0 heterocycles. The van der Waals surface area contributed by atoms with Crippen molar-refractivity contribution in [2.75, 3.05) is 7.11 Å². The van der Waals surface area contributed by atoms with Crippen LogP contribution in [0.15, 0.2) is 18.2 Å². The molecule has 1 aliphatic carbocycles. The maximum atomic E-state index is 13.6. The fourth-order valence-corrected chi connectivity index (χ4v) is 3.23. The number of benzene rings is 1. The summed E-state index contributed by atoms with van der Waals surface area (Å²) < 4.78 is 18.5. The third-order valence-corrected chi connectivity index (χ3v) is 4.67. The van der Waals surface area contributed by atoms with E-state index in [1.54, 1.807) is 6.07 Å². The molecule has 3 heteroatoms. The highest BCUT2D eigenvalue weighted by atomic mass is 19.1. The summed E-state index contributed by atoms with van der Waals surface area (Å²) in [5, 5.41) is 10.4. The first-order valence-corrected chi connectivity index (χ1v) is 7.64. The van der Waals surface area contributed by atoms with Crippen LogP contribution in [-0.2, 0) is 6.42 Å². The predicted octanol–water partition coefficient (Wildman–Crippen LogP) is 3.95. The summed E-state index contributed by atoms with van der Waals surface area (Å²) in [4.78, 5) is 0. The summed E-state index contributed by atoms with van der Waals surface area (Å²) >= 11 is 0. The molecule has 0 aromatic heterocycles. The van der Waals surface area contributed by atoms with Gasteiger partial charge in [-0.2, -0.15) is 0 Å². The van der Waals surface area contributed by atoms with E-state index < -0.39 is 0 Å². The molecule has 1 aromatic rings. The van der Waals surface area contributed by atoms with E-state index in [1.807, 2.05) is 6.07 Å². The fraction of sp³-hybridized carbons (Fsp3) is 0.647. The van der Waals surface area contributed by atoms with Crippen LogP contribution < -0.4 is 4.74 Å². The van der Waals surface area contributed by atoms with E-state index in [0.717, 1.165) is 24.3 Å². The van der Waals surface area contributed by atoms with Crippen LogP contribution in [0.3, 0.4) is 0 Å². The second-order valence-corrected chi connectivity index (χ2v) is 5.93. The number of rotatable bonds is 5. The van der Waals surface area contributed by atoms with E-state index in [-0.39, 0.29) is 17.7 Å². The van der Waals surface area contributed by atoms with E-state index in [1.165, 1.54) is 32.4 Å². The average Bonchev–Trinajstić information content (AvgIpc) is 2.47. The Morgan fingerprint density at radius 2 is 2.00 bits per heavy atom. The van der Waals surface area contributed by atoms with Crippen LogP contribution in [0.25, 0.3) is 0 Å². The third-order valence-electron chi connectivity index (χ3n) is 4.67. The van der Waals surface area contributed by atoms with Crippen LogP contribution in [0.1, 0.15) is 44.6 Å². The summed E-state index contributed by atoms with van der Waals surface area (Å²) in [6, 6.07) is 4.94. The molecular formula is C17H25FO2. The Hall–Kier alpha value is -1.09. The lowest BCUT2D eigenvalue weighted by Crippen LogP contribution is -2.27. The molecule has 1 N–H and O–H groups in total. The average molecular weight is 280 g/mol. The van der Waals surface area contributed by atoms with Crippen LogP contribution in [0, 0.1) is 17.7 Å². The molecular weight excluding hydrogens is 255 g/mol. The lowest BCUT2D eigenvalue weighted by atomic mass is 9.77. The molecule has 1 saturated carbocycles. The monoisotopic (exact) mass is 280 g/mol. The first-order valence-electron chi connectivity index (χ1n) is 7.64. The van der Waals surface area contributed by atoms with Gasteiger partial charge in [0.1, 0.15) is 0 Å². The maximum Gasteiger partial charge on any atom is 0.165 e. The van der Waals surface area contributed by atoms with Gasteiger partial charge in [-0.05, 0) is 48.8 Å². The van der Waals surface area contributed by atoms with Crippen molar-refractivity contribution < 1.29 is 14.2 Å². The zero-order valence-corrected chi connectivity index (χ0v) is 12.4. The van der Waals surface area contributed by atoms with E-state index in [4.69, 9.17) is 4.74 Å². The Bertz CT molecular complexity index is 425. The Morgan fingerprint density at radius 1 is 1.30 bits per heavy atom. The molecule has 1 aromatic carbocycles. The summed E-state index contributed by atoms with van der Waals surface area (Å²) in [5.41, 5.74) is 0.841. The molecule has 1 aliphatic rings. The molecule has 2 rings (SSSR count). The highest BCUT2D eigenvalue weighted by Gasteiger charge is 2.25. The van der Waals surface area contributed by atoms with Crippen molar-refractivity contribution in [1.29, 1.82) is 0 Å². The highest BCUT2D eigenvalue weighted by molar-refractivity contribution is 5.29. The van der Waals surface area contributed by atoms with Gasteiger partial charge in [0.05, 0.1) is 13.2 Å². The molecule has 1 unspecified atom stereocenters. The normalized spacial score (nSPS) is 24.4. The zero-order valence-electron chi connectivity index (χ0n) is 12.4. The molecule has 0 aliphatic heterocycles. The van der Waals surface area contributed by atoms with Crippen molar-refractivity contribution in [3.05, 3.63) is 29.6 Å². The standard InChI is InChI=1S/C17H25FO2/c1-3-12-4-7-14(8-5-12)16(19)11-13-6-9-17(20-2)15(18)10-13/h6,9-10,12,14,16,19H,3-5,7-8,11H2,1-2H3. The van der Waals surface area contributed by atoms with Crippen LogP contribution in [-0.4, -0.2) is 18.3 Å². The van der Waals surface area contributed by atoms with Crippen molar-refractivity contribution >= 4 is 0 Å². The summed E-state index contributed by atoms with van der Waals surface area (Å²) in [6.07, 6.45) is 6.04. The number of ether oxygens (including phenoxy) is 1. The van der Waals surface area contributed by atoms with Crippen molar-refractivity contribution in [2.24, 2.45) is 11.8 Å². The topological polar surface area (TPSA) is 29.5 Å². The smallest absolute Gasteiger partial charge is 0.165 e.